The highest BCUT2D eigenvalue weighted by molar-refractivity contribution is 5.12. The molecule has 4 rings (SSSR count). The van der Waals surface area contributed by atoms with E-state index in [1.54, 1.807) is 0 Å². The molecule has 0 aromatic carbocycles. The van der Waals surface area contributed by atoms with E-state index in [-0.39, 0.29) is 16.9 Å². The molecule has 0 radical (unpaired) electrons. The van der Waals surface area contributed by atoms with Crippen molar-refractivity contribution in [3.8, 4) is 0 Å². The van der Waals surface area contributed by atoms with Crippen LogP contribution in [0.2, 0.25) is 0 Å². The third kappa shape index (κ3) is 1.87. The van der Waals surface area contributed by atoms with Gasteiger partial charge in [-0.2, -0.15) is 0 Å². The predicted octanol–water partition coefficient (Wildman–Crippen LogP) is 5.42. The second-order valence-corrected chi connectivity index (χ2v) is 10.5. The van der Waals surface area contributed by atoms with Crippen LogP contribution in [0.5, 0.6) is 0 Å². The van der Waals surface area contributed by atoms with Gasteiger partial charge in [-0.1, -0.05) is 40.5 Å². The lowest BCUT2D eigenvalue weighted by Gasteiger charge is -2.60. The zero-order valence-corrected chi connectivity index (χ0v) is 15.2. The van der Waals surface area contributed by atoms with Gasteiger partial charge in [0.25, 0.3) is 0 Å². The zero-order chi connectivity index (χ0) is 15.8. The summed E-state index contributed by atoms with van der Waals surface area (Å²) < 4.78 is 0. The minimum absolute atomic E-state index is 0.0946. The molecular formula is C21H36O. The van der Waals surface area contributed by atoms with E-state index >= 15 is 0 Å². The van der Waals surface area contributed by atoms with E-state index in [1.807, 2.05) is 0 Å². The van der Waals surface area contributed by atoms with Gasteiger partial charge >= 0.3 is 0 Å². The molecule has 0 saturated heterocycles. The highest BCUT2D eigenvalue weighted by Crippen LogP contribution is 2.68. The summed E-state index contributed by atoms with van der Waals surface area (Å²) in [5.74, 6) is 3.63. The summed E-state index contributed by atoms with van der Waals surface area (Å²) in [5.41, 5.74) is 0.946. The van der Waals surface area contributed by atoms with Gasteiger partial charge in [-0.05, 0) is 84.9 Å². The maximum absolute atomic E-state index is 11.0. The number of aliphatic hydroxyl groups excluding tert-OH is 1. The molecule has 0 aromatic rings. The minimum Gasteiger partial charge on any atom is -0.392 e. The van der Waals surface area contributed by atoms with Crippen LogP contribution in [0.25, 0.3) is 0 Å². The van der Waals surface area contributed by atoms with Gasteiger partial charge in [-0.15, -0.1) is 0 Å². The Morgan fingerprint density at radius 3 is 2.32 bits per heavy atom. The number of fused-ring (bicyclic) bond motifs is 5. The number of rotatable bonds is 0. The molecule has 0 heterocycles. The smallest absolute Gasteiger partial charge is 0.0647 e. The van der Waals surface area contributed by atoms with Crippen LogP contribution in [-0.2, 0) is 0 Å². The van der Waals surface area contributed by atoms with E-state index in [9.17, 15) is 5.11 Å². The van der Waals surface area contributed by atoms with Crippen LogP contribution in [-0.4, -0.2) is 11.2 Å². The Kier molecular flexibility index (Phi) is 3.34. The summed E-state index contributed by atoms with van der Waals surface area (Å²) in [5, 5.41) is 11.0. The monoisotopic (exact) mass is 304 g/mol. The van der Waals surface area contributed by atoms with Crippen LogP contribution in [0.3, 0.4) is 0 Å². The predicted molar refractivity (Wildman–Crippen MR) is 91.5 cm³/mol. The highest BCUT2D eigenvalue weighted by atomic mass is 16.3. The van der Waals surface area contributed by atoms with Gasteiger partial charge in [0.05, 0.1) is 6.10 Å². The van der Waals surface area contributed by atoms with E-state index in [2.05, 4.69) is 27.7 Å². The molecule has 22 heavy (non-hydrogen) atoms. The van der Waals surface area contributed by atoms with E-state index in [1.165, 1.54) is 57.8 Å². The second kappa shape index (κ2) is 4.74. The van der Waals surface area contributed by atoms with Crippen molar-refractivity contribution >= 4 is 0 Å². The summed E-state index contributed by atoms with van der Waals surface area (Å²) >= 11 is 0. The van der Waals surface area contributed by atoms with Gasteiger partial charge in [0, 0.05) is 0 Å². The van der Waals surface area contributed by atoms with Crippen molar-refractivity contribution in [1.82, 2.24) is 0 Å². The second-order valence-electron chi connectivity index (χ2n) is 10.5. The third-order valence-electron chi connectivity index (χ3n) is 9.13. The van der Waals surface area contributed by atoms with Crippen molar-refractivity contribution in [2.24, 2.45) is 39.9 Å². The lowest BCUT2D eigenvalue weighted by molar-refractivity contribution is -0.123. The van der Waals surface area contributed by atoms with E-state index in [0.717, 1.165) is 23.7 Å². The molecule has 0 aliphatic heterocycles. The summed E-state index contributed by atoms with van der Waals surface area (Å²) in [7, 11) is 0. The maximum atomic E-state index is 11.0. The summed E-state index contributed by atoms with van der Waals surface area (Å²) in [6.07, 6.45) is 12.7. The van der Waals surface area contributed by atoms with Crippen LogP contribution < -0.4 is 0 Å². The molecule has 4 aliphatic rings. The standard InChI is InChI=1S/C21H36O/c1-19(2)13-17-15-9-8-14-7-5-6-11-20(14,3)16(15)10-12-21(17,4)18(19)22/h14-18,22H,5-13H2,1-4H3/t14?,15-,16-,17+,18?,20+,21+/m1/s1. The van der Waals surface area contributed by atoms with Crippen LogP contribution >= 0.6 is 0 Å². The molecule has 0 aromatic heterocycles. The van der Waals surface area contributed by atoms with Crippen molar-refractivity contribution in [2.45, 2.75) is 91.6 Å². The first-order valence-electron chi connectivity index (χ1n) is 9.97. The van der Waals surface area contributed by atoms with E-state index < -0.39 is 0 Å². The highest BCUT2D eigenvalue weighted by Gasteiger charge is 2.63. The molecule has 0 bridgehead atoms. The quantitative estimate of drug-likeness (QED) is 0.634. The average Bonchev–Trinajstić information content (AvgIpc) is 2.66. The lowest BCUT2D eigenvalue weighted by Crippen LogP contribution is -2.53. The first-order valence-corrected chi connectivity index (χ1v) is 9.97. The van der Waals surface area contributed by atoms with Gasteiger partial charge in [0.15, 0.2) is 0 Å². The fourth-order valence-electron chi connectivity index (χ4n) is 7.94. The largest absolute Gasteiger partial charge is 0.392 e. The molecule has 4 saturated carbocycles. The summed E-state index contributed by atoms with van der Waals surface area (Å²) in [6.45, 7) is 9.68. The maximum Gasteiger partial charge on any atom is 0.0647 e. The van der Waals surface area contributed by atoms with Crippen molar-refractivity contribution in [3.05, 3.63) is 0 Å². The van der Waals surface area contributed by atoms with Crippen LogP contribution in [0.4, 0.5) is 0 Å². The van der Waals surface area contributed by atoms with Crippen molar-refractivity contribution in [3.63, 3.8) is 0 Å². The first kappa shape index (κ1) is 15.5. The normalized spacial score (nSPS) is 56.9. The minimum atomic E-state index is -0.0946. The molecule has 2 unspecified atom stereocenters. The Bertz CT molecular complexity index is 455. The van der Waals surface area contributed by atoms with Gasteiger partial charge < -0.3 is 5.11 Å². The number of hydrogen-bond acceptors (Lipinski definition) is 1. The lowest BCUT2D eigenvalue weighted by atomic mass is 9.45. The van der Waals surface area contributed by atoms with Crippen molar-refractivity contribution in [2.75, 3.05) is 0 Å². The SMILES string of the molecule is CC1(C)C[C@H]2[C@@H]3CCC4CCCC[C@]4(C)[C@@H]3CC[C@]2(C)C1O. The Morgan fingerprint density at radius 2 is 1.55 bits per heavy atom. The fraction of sp³-hybridized carbons (Fsp3) is 1.00. The molecule has 4 aliphatic carbocycles. The van der Waals surface area contributed by atoms with Crippen LogP contribution in [0, 0.1) is 39.9 Å². The molecular weight excluding hydrogens is 268 g/mol. The average molecular weight is 305 g/mol. The Balaban J connectivity index is 1.67. The van der Waals surface area contributed by atoms with Crippen LogP contribution in [0.15, 0.2) is 0 Å². The van der Waals surface area contributed by atoms with Gasteiger partial charge in [0.1, 0.15) is 0 Å². The van der Waals surface area contributed by atoms with Crippen molar-refractivity contribution < 1.29 is 5.11 Å². The van der Waals surface area contributed by atoms with E-state index in [0.29, 0.717) is 5.41 Å². The molecule has 7 atom stereocenters. The molecule has 0 amide bonds. The summed E-state index contributed by atoms with van der Waals surface area (Å²) in [6, 6.07) is 0. The van der Waals surface area contributed by atoms with E-state index in [4.69, 9.17) is 0 Å². The number of aliphatic hydroxyl groups is 1. The Hall–Kier alpha value is -0.0400. The third-order valence-corrected chi connectivity index (χ3v) is 9.13. The van der Waals surface area contributed by atoms with Gasteiger partial charge in [-0.25, -0.2) is 0 Å². The zero-order valence-electron chi connectivity index (χ0n) is 15.2. The molecule has 1 nitrogen and oxygen atoms in total. The first-order chi connectivity index (χ1) is 10.3. The fourth-order valence-corrected chi connectivity index (χ4v) is 7.94. The van der Waals surface area contributed by atoms with Gasteiger partial charge in [-0.3, -0.25) is 0 Å². The molecule has 1 heteroatoms. The molecule has 126 valence electrons. The molecule has 1 N–H and O–H groups in total. The Labute approximate surface area is 137 Å². The van der Waals surface area contributed by atoms with Gasteiger partial charge in [0.2, 0.25) is 0 Å². The van der Waals surface area contributed by atoms with Crippen molar-refractivity contribution in [1.29, 1.82) is 0 Å². The molecule has 0 spiro atoms. The van der Waals surface area contributed by atoms with Crippen LogP contribution in [0.1, 0.15) is 85.5 Å². The Morgan fingerprint density at radius 1 is 0.773 bits per heavy atom. The molecule has 4 fully saturated rings. The number of hydrogen-bond donors (Lipinski definition) is 1. The summed E-state index contributed by atoms with van der Waals surface area (Å²) in [4.78, 5) is 0. The topological polar surface area (TPSA) is 20.2 Å².